The quantitative estimate of drug-likeness (QED) is 0.680. The Hall–Kier alpha value is -3.67. The summed E-state index contributed by atoms with van der Waals surface area (Å²) in [6, 6.07) is 19.8. The monoisotopic (exact) mass is 389 g/mol. The number of anilines is 1. The first-order valence-electron chi connectivity index (χ1n) is 9.33. The minimum Gasteiger partial charge on any atom is -0.350 e. The number of carbonyl (C=O) groups is 2. The lowest BCUT2D eigenvalue weighted by atomic mass is 10.1. The van der Waals surface area contributed by atoms with Gasteiger partial charge in [-0.3, -0.25) is 14.4 Å². The van der Waals surface area contributed by atoms with E-state index >= 15 is 0 Å². The standard InChI is InChI=1S/C23H23N3O3/c1-16-8-11-18(12-9-16)14-24-21(27)15-26-17(2)10-13-20(23(26)29)25-22(28)19-6-4-3-5-7-19/h3-13H,14-15H2,1-2H3,(H,24,27)(H,25,28). The maximum atomic E-state index is 12.8. The summed E-state index contributed by atoms with van der Waals surface area (Å²) in [5.74, 6) is -0.649. The molecule has 2 amide bonds. The Morgan fingerprint density at radius 3 is 2.28 bits per heavy atom. The summed E-state index contributed by atoms with van der Waals surface area (Å²) in [5, 5.41) is 5.45. The van der Waals surface area contributed by atoms with Gasteiger partial charge in [0.2, 0.25) is 5.91 Å². The van der Waals surface area contributed by atoms with Crippen LogP contribution in [-0.4, -0.2) is 16.4 Å². The fourth-order valence-corrected chi connectivity index (χ4v) is 2.85. The minimum atomic E-state index is -0.417. The van der Waals surface area contributed by atoms with Gasteiger partial charge in [-0.05, 0) is 43.7 Å². The topological polar surface area (TPSA) is 80.2 Å². The average Bonchev–Trinajstić information content (AvgIpc) is 2.73. The predicted molar refractivity (Wildman–Crippen MR) is 113 cm³/mol. The molecule has 1 aromatic heterocycles. The summed E-state index contributed by atoms with van der Waals surface area (Å²) >= 11 is 0. The van der Waals surface area contributed by atoms with Crippen molar-refractivity contribution >= 4 is 17.5 Å². The second-order valence-electron chi connectivity index (χ2n) is 6.86. The molecule has 0 radical (unpaired) electrons. The van der Waals surface area contributed by atoms with Crippen molar-refractivity contribution in [3.05, 3.63) is 99.5 Å². The zero-order valence-electron chi connectivity index (χ0n) is 16.4. The zero-order valence-corrected chi connectivity index (χ0v) is 16.4. The molecule has 0 fully saturated rings. The lowest BCUT2D eigenvalue weighted by molar-refractivity contribution is -0.121. The molecule has 0 bridgehead atoms. The van der Waals surface area contributed by atoms with Crippen LogP contribution in [0.3, 0.4) is 0 Å². The first-order valence-corrected chi connectivity index (χ1v) is 9.33. The SMILES string of the molecule is Cc1ccc(CNC(=O)Cn2c(C)ccc(NC(=O)c3ccccc3)c2=O)cc1. The Labute approximate surface area is 169 Å². The highest BCUT2D eigenvalue weighted by Gasteiger charge is 2.13. The van der Waals surface area contributed by atoms with Crippen molar-refractivity contribution in [2.45, 2.75) is 26.9 Å². The fraction of sp³-hybridized carbons (Fsp3) is 0.174. The van der Waals surface area contributed by atoms with Crippen LogP contribution in [0, 0.1) is 13.8 Å². The smallest absolute Gasteiger partial charge is 0.274 e. The molecule has 0 aliphatic rings. The van der Waals surface area contributed by atoms with Gasteiger partial charge in [0, 0.05) is 17.8 Å². The molecule has 0 aliphatic heterocycles. The molecule has 29 heavy (non-hydrogen) atoms. The van der Waals surface area contributed by atoms with Gasteiger partial charge in [0.05, 0.1) is 0 Å². The van der Waals surface area contributed by atoms with E-state index < -0.39 is 5.56 Å². The number of carbonyl (C=O) groups excluding carboxylic acids is 2. The maximum Gasteiger partial charge on any atom is 0.274 e. The van der Waals surface area contributed by atoms with E-state index in [4.69, 9.17) is 0 Å². The van der Waals surface area contributed by atoms with Gasteiger partial charge in [0.15, 0.2) is 0 Å². The highest BCUT2D eigenvalue weighted by Crippen LogP contribution is 2.07. The van der Waals surface area contributed by atoms with Crippen LogP contribution in [0.2, 0.25) is 0 Å². The van der Waals surface area contributed by atoms with Crippen LogP contribution in [0.15, 0.2) is 71.5 Å². The Balaban J connectivity index is 1.69. The largest absolute Gasteiger partial charge is 0.350 e. The highest BCUT2D eigenvalue weighted by molar-refractivity contribution is 6.04. The number of nitrogens with one attached hydrogen (secondary N) is 2. The first-order chi connectivity index (χ1) is 13.9. The van der Waals surface area contributed by atoms with Crippen LogP contribution in [0.1, 0.15) is 27.2 Å². The van der Waals surface area contributed by atoms with E-state index in [0.717, 1.165) is 11.1 Å². The van der Waals surface area contributed by atoms with Crippen LogP contribution in [0.25, 0.3) is 0 Å². The average molecular weight is 389 g/mol. The molecule has 2 N–H and O–H groups in total. The minimum absolute atomic E-state index is 0.119. The Morgan fingerprint density at radius 2 is 1.59 bits per heavy atom. The van der Waals surface area contributed by atoms with Crippen molar-refractivity contribution in [3.8, 4) is 0 Å². The van der Waals surface area contributed by atoms with Crippen LogP contribution >= 0.6 is 0 Å². The third kappa shape index (κ3) is 5.19. The van der Waals surface area contributed by atoms with Gasteiger partial charge in [-0.1, -0.05) is 48.0 Å². The van der Waals surface area contributed by atoms with Crippen LogP contribution in [-0.2, 0) is 17.9 Å². The Kier molecular flexibility index (Phi) is 6.24. The van der Waals surface area contributed by atoms with Gasteiger partial charge in [-0.25, -0.2) is 0 Å². The van der Waals surface area contributed by atoms with E-state index in [-0.39, 0.29) is 24.0 Å². The number of rotatable bonds is 6. The number of hydrogen-bond acceptors (Lipinski definition) is 3. The second-order valence-corrected chi connectivity index (χ2v) is 6.86. The van der Waals surface area contributed by atoms with Crippen molar-refractivity contribution in [1.29, 1.82) is 0 Å². The number of amides is 2. The van der Waals surface area contributed by atoms with Crippen LogP contribution < -0.4 is 16.2 Å². The third-order valence-corrected chi connectivity index (χ3v) is 4.59. The van der Waals surface area contributed by atoms with E-state index in [1.165, 1.54) is 4.57 Å². The molecule has 0 saturated carbocycles. The third-order valence-electron chi connectivity index (χ3n) is 4.59. The lowest BCUT2D eigenvalue weighted by Gasteiger charge is -2.13. The number of benzene rings is 2. The molecule has 6 heteroatoms. The van der Waals surface area contributed by atoms with Crippen LogP contribution in [0.5, 0.6) is 0 Å². The molecular formula is C23H23N3O3. The van der Waals surface area contributed by atoms with Gasteiger partial charge in [0.1, 0.15) is 12.2 Å². The van der Waals surface area contributed by atoms with E-state index in [1.807, 2.05) is 37.3 Å². The molecule has 3 aromatic rings. The van der Waals surface area contributed by atoms with E-state index in [2.05, 4.69) is 10.6 Å². The van der Waals surface area contributed by atoms with Crippen molar-refractivity contribution in [3.63, 3.8) is 0 Å². The molecule has 0 aliphatic carbocycles. The van der Waals surface area contributed by atoms with E-state index in [9.17, 15) is 14.4 Å². The molecule has 0 spiro atoms. The number of nitrogens with zero attached hydrogens (tertiary/aromatic N) is 1. The molecule has 0 unspecified atom stereocenters. The number of pyridine rings is 1. The van der Waals surface area contributed by atoms with Gasteiger partial charge < -0.3 is 15.2 Å². The van der Waals surface area contributed by atoms with Crippen molar-refractivity contribution < 1.29 is 9.59 Å². The predicted octanol–water partition coefficient (Wildman–Crippen LogP) is 3.03. The summed E-state index contributed by atoms with van der Waals surface area (Å²) in [6.45, 7) is 4.02. The highest BCUT2D eigenvalue weighted by atomic mass is 16.2. The maximum absolute atomic E-state index is 12.8. The lowest BCUT2D eigenvalue weighted by Crippen LogP contribution is -2.34. The molecule has 0 atom stereocenters. The van der Waals surface area contributed by atoms with Crippen molar-refractivity contribution in [1.82, 2.24) is 9.88 Å². The van der Waals surface area contributed by atoms with Gasteiger partial charge in [-0.2, -0.15) is 0 Å². The first kappa shape index (κ1) is 20.1. The fourth-order valence-electron chi connectivity index (χ4n) is 2.85. The molecule has 6 nitrogen and oxygen atoms in total. The molecule has 148 valence electrons. The Bertz CT molecular complexity index is 1070. The summed E-state index contributed by atoms with van der Waals surface area (Å²) in [7, 11) is 0. The van der Waals surface area contributed by atoms with Crippen LogP contribution in [0.4, 0.5) is 5.69 Å². The normalized spacial score (nSPS) is 10.4. The molecule has 2 aromatic carbocycles. The Morgan fingerprint density at radius 1 is 0.897 bits per heavy atom. The second kappa shape index (κ2) is 9.01. The van der Waals surface area contributed by atoms with E-state index in [0.29, 0.717) is 17.8 Å². The molecule has 0 saturated heterocycles. The summed E-state index contributed by atoms with van der Waals surface area (Å²) in [4.78, 5) is 37.5. The van der Waals surface area contributed by atoms with Gasteiger partial charge in [0.25, 0.3) is 11.5 Å². The molecule has 1 heterocycles. The van der Waals surface area contributed by atoms with Gasteiger partial charge >= 0.3 is 0 Å². The van der Waals surface area contributed by atoms with E-state index in [1.54, 1.807) is 43.3 Å². The molecule has 3 rings (SSSR count). The van der Waals surface area contributed by atoms with Gasteiger partial charge in [-0.15, -0.1) is 0 Å². The van der Waals surface area contributed by atoms with Crippen molar-refractivity contribution in [2.75, 3.05) is 5.32 Å². The summed E-state index contributed by atoms with van der Waals surface area (Å²) < 4.78 is 1.35. The number of hydrogen-bond donors (Lipinski definition) is 2. The summed E-state index contributed by atoms with van der Waals surface area (Å²) in [6.07, 6.45) is 0. The zero-order chi connectivity index (χ0) is 20.8. The number of aromatic nitrogens is 1. The summed E-state index contributed by atoms with van der Waals surface area (Å²) in [5.41, 5.74) is 2.94. The van der Waals surface area contributed by atoms with Crippen molar-refractivity contribution in [2.24, 2.45) is 0 Å². The number of aryl methyl sites for hydroxylation is 2. The molecular weight excluding hydrogens is 366 g/mol.